The first kappa shape index (κ1) is 15.1. The number of nitrogens with one attached hydrogen (secondary N) is 1. The Morgan fingerprint density at radius 2 is 2.10 bits per heavy atom. The van der Waals surface area contributed by atoms with Crippen molar-refractivity contribution < 1.29 is 9.53 Å². The fourth-order valence-corrected chi connectivity index (χ4v) is 2.26. The molecule has 1 aromatic heterocycles. The first-order valence-corrected chi connectivity index (χ1v) is 7.02. The smallest absolute Gasteiger partial charge is 0.257 e. The Bertz CT molecular complexity index is 665. The second-order valence-electron chi connectivity index (χ2n) is 3.79. The van der Waals surface area contributed by atoms with Crippen LogP contribution in [0.15, 0.2) is 34.9 Å². The van der Waals surface area contributed by atoms with Gasteiger partial charge in [-0.3, -0.25) is 4.79 Å². The predicted octanol–water partition coefficient (Wildman–Crippen LogP) is 4.41. The summed E-state index contributed by atoms with van der Waals surface area (Å²) in [4.78, 5) is 16.0. The summed E-state index contributed by atoms with van der Waals surface area (Å²) in [5.74, 6) is 0.147. The number of benzene rings is 1. The molecule has 0 atom stereocenters. The molecular formula is C13H9BrCl2N2O2. The van der Waals surface area contributed by atoms with Crippen molar-refractivity contribution in [3.8, 4) is 5.75 Å². The Morgan fingerprint density at radius 1 is 1.35 bits per heavy atom. The van der Waals surface area contributed by atoms with Crippen LogP contribution in [0.4, 0.5) is 5.69 Å². The molecular weight excluding hydrogens is 367 g/mol. The van der Waals surface area contributed by atoms with Crippen LogP contribution in [0, 0.1) is 0 Å². The maximum Gasteiger partial charge on any atom is 0.257 e. The van der Waals surface area contributed by atoms with E-state index in [1.165, 1.54) is 19.4 Å². The highest BCUT2D eigenvalue weighted by atomic mass is 79.9. The highest BCUT2D eigenvalue weighted by Gasteiger charge is 2.14. The van der Waals surface area contributed by atoms with E-state index in [0.29, 0.717) is 11.4 Å². The number of ether oxygens (including phenoxy) is 1. The topological polar surface area (TPSA) is 51.2 Å². The number of halogens is 3. The summed E-state index contributed by atoms with van der Waals surface area (Å²) in [5.41, 5.74) is 0.768. The zero-order valence-electron chi connectivity index (χ0n) is 10.3. The van der Waals surface area contributed by atoms with Gasteiger partial charge in [-0.2, -0.15) is 0 Å². The molecule has 7 heteroatoms. The van der Waals surface area contributed by atoms with Crippen molar-refractivity contribution in [3.63, 3.8) is 0 Å². The molecule has 4 nitrogen and oxygen atoms in total. The van der Waals surface area contributed by atoms with Crippen molar-refractivity contribution in [2.24, 2.45) is 0 Å². The Balaban J connectivity index is 2.32. The van der Waals surface area contributed by atoms with Crippen LogP contribution >= 0.6 is 39.1 Å². The van der Waals surface area contributed by atoms with Gasteiger partial charge in [-0.05, 0) is 24.3 Å². The maximum atomic E-state index is 12.2. The zero-order valence-corrected chi connectivity index (χ0v) is 13.4. The minimum Gasteiger partial charge on any atom is -0.495 e. The number of nitrogens with zero attached hydrogens (tertiary/aromatic N) is 1. The van der Waals surface area contributed by atoms with Gasteiger partial charge in [0.25, 0.3) is 5.91 Å². The molecule has 0 fully saturated rings. The molecule has 0 saturated heterocycles. The van der Waals surface area contributed by atoms with Crippen LogP contribution in [0.2, 0.25) is 10.2 Å². The lowest BCUT2D eigenvalue weighted by molar-refractivity contribution is 0.102. The number of hydrogen-bond donors (Lipinski definition) is 1. The summed E-state index contributed by atoms with van der Waals surface area (Å²) in [6.07, 6.45) is 1.33. The molecule has 0 aliphatic heterocycles. The lowest BCUT2D eigenvalue weighted by atomic mass is 10.2. The zero-order chi connectivity index (χ0) is 14.7. The summed E-state index contributed by atoms with van der Waals surface area (Å²) in [7, 11) is 1.52. The summed E-state index contributed by atoms with van der Waals surface area (Å²) in [6, 6.07) is 6.68. The number of amides is 1. The maximum absolute atomic E-state index is 12.2. The SMILES string of the molecule is COc1ccc(Br)cc1NC(=O)c1cc(Cl)ncc1Cl. The number of aromatic nitrogens is 1. The van der Waals surface area contributed by atoms with Gasteiger partial charge in [0.05, 0.1) is 23.4 Å². The van der Waals surface area contributed by atoms with E-state index in [9.17, 15) is 4.79 Å². The van der Waals surface area contributed by atoms with Gasteiger partial charge in [0.1, 0.15) is 10.9 Å². The van der Waals surface area contributed by atoms with Crippen molar-refractivity contribution in [3.05, 3.63) is 50.7 Å². The number of pyridine rings is 1. The molecule has 2 rings (SSSR count). The fraction of sp³-hybridized carbons (Fsp3) is 0.0769. The molecule has 104 valence electrons. The first-order valence-electron chi connectivity index (χ1n) is 5.47. The van der Waals surface area contributed by atoms with E-state index >= 15 is 0 Å². The monoisotopic (exact) mass is 374 g/mol. The highest BCUT2D eigenvalue weighted by Crippen LogP contribution is 2.29. The van der Waals surface area contributed by atoms with Gasteiger partial charge in [0.15, 0.2) is 0 Å². The minimum atomic E-state index is -0.393. The fourth-order valence-electron chi connectivity index (χ4n) is 1.55. The lowest BCUT2D eigenvalue weighted by Crippen LogP contribution is -2.13. The molecule has 0 aliphatic rings. The number of anilines is 1. The van der Waals surface area contributed by atoms with E-state index in [1.54, 1.807) is 12.1 Å². The largest absolute Gasteiger partial charge is 0.495 e. The number of carbonyl (C=O) groups excluding carboxylic acids is 1. The second-order valence-corrected chi connectivity index (χ2v) is 5.50. The van der Waals surface area contributed by atoms with Crippen LogP contribution in [-0.2, 0) is 0 Å². The molecule has 0 unspecified atom stereocenters. The predicted molar refractivity (Wildman–Crippen MR) is 82.9 cm³/mol. The normalized spacial score (nSPS) is 10.2. The molecule has 1 amide bonds. The average molecular weight is 376 g/mol. The standard InChI is InChI=1S/C13H9BrCl2N2O2/c1-20-11-3-2-7(14)4-10(11)18-13(19)8-5-12(16)17-6-9(8)15/h2-6H,1H3,(H,18,19). The van der Waals surface area contributed by atoms with Crippen molar-refractivity contribution in [1.29, 1.82) is 0 Å². The van der Waals surface area contributed by atoms with Crippen molar-refractivity contribution >= 4 is 50.7 Å². The van der Waals surface area contributed by atoms with E-state index in [2.05, 4.69) is 26.2 Å². The molecule has 1 aromatic carbocycles. The molecule has 20 heavy (non-hydrogen) atoms. The Labute approximate surface area is 134 Å². The first-order chi connectivity index (χ1) is 9.51. The summed E-state index contributed by atoms with van der Waals surface area (Å²) < 4.78 is 6.00. The van der Waals surface area contributed by atoms with E-state index in [1.807, 2.05) is 6.07 Å². The molecule has 0 bridgehead atoms. The summed E-state index contributed by atoms with van der Waals surface area (Å²) >= 11 is 15.0. The lowest BCUT2D eigenvalue weighted by Gasteiger charge is -2.11. The third kappa shape index (κ3) is 3.42. The molecule has 0 saturated carbocycles. The van der Waals surface area contributed by atoms with Gasteiger partial charge in [0.2, 0.25) is 0 Å². The van der Waals surface area contributed by atoms with Crippen LogP contribution in [0.25, 0.3) is 0 Å². The third-order valence-corrected chi connectivity index (χ3v) is 3.48. The summed E-state index contributed by atoms with van der Waals surface area (Å²) in [5, 5.41) is 3.14. The van der Waals surface area contributed by atoms with Crippen LogP contribution in [0.3, 0.4) is 0 Å². The van der Waals surface area contributed by atoms with Gasteiger partial charge >= 0.3 is 0 Å². The van der Waals surface area contributed by atoms with Gasteiger partial charge in [-0.1, -0.05) is 39.1 Å². The van der Waals surface area contributed by atoms with Crippen LogP contribution in [-0.4, -0.2) is 18.0 Å². The molecule has 0 spiro atoms. The van der Waals surface area contributed by atoms with Gasteiger partial charge < -0.3 is 10.1 Å². The van der Waals surface area contributed by atoms with Crippen molar-refractivity contribution in [2.45, 2.75) is 0 Å². The molecule has 0 radical (unpaired) electrons. The molecule has 1 N–H and O–H groups in total. The molecule has 0 aliphatic carbocycles. The van der Waals surface area contributed by atoms with Crippen molar-refractivity contribution in [1.82, 2.24) is 4.98 Å². The highest BCUT2D eigenvalue weighted by molar-refractivity contribution is 9.10. The Hall–Kier alpha value is -1.30. The van der Waals surface area contributed by atoms with Crippen LogP contribution in [0.1, 0.15) is 10.4 Å². The molecule has 2 aromatic rings. The van der Waals surface area contributed by atoms with Gasteiger partial charge in [-0.15, -0.1) is 0 Å². The number of carbonyl (C=O) groups is 1. The van der Waals surface area contributed by atoms with Crippen LogP contribution in [0.5, 0.6) is 5.75 Å². The van der Waals surface area contributed by atoms with Crippen LogP contribution < -0.4 is 10.1 Å². The Kier molecular flexibility index (Phi) is 4.86. The van der Waals surface area contributed by atoms with Crippen molar-refractivity contribution in [2.75, 3.05) is 12.4 Å². The minimum absolute atomic E-state index is 0.195. The quantitative estimate of drug-likeness (QED) is 0.808. The molecule has 1 heterocycles. The van der Waals surface area contributed by atoms with E-state index in [-0.39, 0.29) is 15.7 Å². The number of methoxy groups -OCH3 is 1. The van der Waals surface area contributed by atoms with Gasteiger partial charge in [0, 0.05) is 10.7 Å². The third-order valence-electron chi connectivity index (χ3n) is 2.48. The second kappa shape index (κ2) is 6.43. The number of rotatable bonds is 3. The van der Waals surface area contributed by atoms with Gasteiger partial charge in [-0.25, -0.2) is 4.98 Å². The Morgan fingerprint density at radius 3 is 2.80 bits per heavy atom. The summed E-state index contributed by atoms with van der Waals surface area (Å²) in [6.45, 7) is 0. The van der Waals surface area contributed by atoms with E-state index in [0.717, 1.165) is 4.47 Å². The number of hydrogen-bond acceptors (Lipinski definition) is 3. The van der Waals surface area contributed by atoms with E-state index < -0.39 is 5.91 Å². The average Bonchev–Trinajstić information content (AvgIpc) is 2.41. The van der Waals surface area contributed by atoms with E-state index in [4.69, 9.17) is 27.9 Å².